The summed E-state index contributed by atoms with van der Waals surface area (Å²) in [7, 11) is 1.27. The maximum atomic E-state index is 13.2. The fourth-order valence-corrected chi connectivity index (χ4v) is 5.21. The Labute approximate surface area is 235 Å². The van der Waals surface area contributed by atoms with Crippen LogP contribution in [0, 0.1) is 0 Å². The van der Waals surface area contributed by atoms with Gasteiger partial charge in [-0.25, -0.2) is 0 Å². The number of anilines is 1. The topological polar surface area (TPSA) is 124 Å². The van der Waals surface area contributed by atoms with Gasteiger partial charge >= 0.3 is 5.97 Å². The summed E-state index contributed by atoms with van der Waals surface area (Å²) in [4.78, 5) is 26.9. The molecule has 10 nitrogen and oxygen atoms in total. The molecule has 0 bridgehead atoms. The van der Waals surface area contributed by atoms with Crippen molar-refractivity contribution in [2.75, 3.05) is 58.1 Å². The largest absolute Gasteiger partial charge is 0.491 e. The minimum absolute atomic E-state index is 0.115. The number of furan rings is 1. The molecule has 3 heterocycles. The van der Waals surface area contributed by atoms with Gasteiger partial charge in [0, 0.05) is 42.2 Å². The molecule has 0 saturated carbocycles. The van der Waals surface area contributed by atoms with Crippen molar-refractivity contribution in [1.82, 2.24) is 5.32 Å². The van der Waals surface area contributed by atoms with Crippen LogP contribution in [0.3, 0.4) is 0 Å². The zero-order valence-corrected chi connectivity index (χ0v) is 22.6. The number of rotatable bonds is 9. The predicted molar refractivity (Wildman–Crippen MR) is 155 cm³/mol. The third kappa shape index (κ3) is 5.13. The van der Waals surface area contributed by atoms with Crippen molar-refractivity contribution in [3.05, 3.63) is 70.9 Å². The third-order valence-electron chi connectivity index (χ3n) is 7.26. The van der Waals surface area contributed by atoms with Crippen LogP contribution in [0.15, 0.2) is 74.3 Å². The molecule has 5 aromatic rings. The van der Waals surface area contributed by atoms with Crippen molar-refractivity contribution in [3.8, 4) is 16.9 Å². The second kappa shape index (κ2) is 11.6. The second-order valence-corrected chi connectivity index (χ2v) is 9.71. The number of ether oxygens (including phenoxy) is 3. The molecular weight excluding hydrogens is 528 g/mol. The molecule has 212 valence electrons. The highest BCUT2D eigenvalue weighted by molar-refractivity contribution is 6.14. The number of methoxy groups -OCH3 is 1. The molecule has 1 aliphatic rings. The summed E-state index contributed by atoms with van der Waals surface area (Å²) in [5, 5.41) is 14.5. The number of nitrogens with zero attached hydrogens (tertiary/aromatic N) is 1. The molecule has 1 aliphatic heterocycles. The van der Waals surface area contributed by atoms with Crippen molar-refractivity contribution < 1.29 is 32.9 Å². The van der Waals surface area contributed by atoms with Crippen LogP contribution in [0.5, 0.6) is 5.75 Å². The Kier molecular flexibility index (Phi) is 7.60. The molecule has 0 aliphatic carbocycles. The van der Waals surface area contributed by atoms with Gasteiger partial charge in [0.2, 0.25) is 0 Å². The lowest BCUT2D eigenvalue weighted by Gasteiger charge is -2.27. The van der Waals surface area contributed by atoms with Crippen LogP contribution in [0.2, 0.25) is 0 Å². The quantitative estimate of drug-likeness (QED) is 0.204. The molecule has 2 N–H and O–H groups in total. The van der Waals surface area contributed by atoms with Crippen molar-refractivity contribution >= 4 is 44.8 Å². The van der Waals surface area contributed by atoms with E-state index in [-0.39, 0.29) is 18.6 Å². The van der Waals surface area contributed by atoms with Gasteiger partial charge in [-0.3, -0.25) is 14.9 Å². The predicted octanol–water partition coefficient (Wildman–Crippen LogP) is 3.70. The average molecular weight is 559 g/mol. The summed E-state index contributed by atoms with van der Waals surface area (Å²) < 4.78 is 29.1. The Morgan fingerprint density at radius 1 is 1.00 bits per heavy atom. The highest BCUT2D eigenvalue weighted by Crippen LogP contribution is 2.42. The molecule has 1 fully saturated rings. The van der Waals surface area contributed by atoms with Gasteiger partial charge in [-0.05, 0) is 24.3 Å². The number of fused-ring (bicyclic) bond motifs is 4. The van der Waals surface area contributed by atoms with Crippen LogP contribution in [0.1, 0.15) is 0 Å². The third-order valence-corrected chi connectivity index (χ3v) is 7.26. The number of benzene rings is 3. The number of aliphatic hydroxyl groups is 1. The summed E-state index contributed by atoms with van der Waals surface area (Å²) in [6.45, 7) is 2.58. The molecule has 6 rings (SSSR count). The van der Waals surface area contributed by atoms with E-state index in [9.17, 15) is 14.7 Å². The van der Waals surface area contributed by atoms with Crippen molar-refractivity contribution in [1.29, 1.82) is 0 Å². The Hall–Kier alpha value is -4.38. The normalized spacial score (nSPS) is 14.5. The van der Waals surface area contributed by atoms with E-state index in [4.69, 9.17) is 23.0 Å². The van der Waals surface area contributed by atoms with Crippen LogP contribution < -0.4 is 20.4 Å². The average Bonchev–Trinajstić information content (AvgIpc) is 3.41. The first-order chi connectivity index (χ1) is 20.1. The van der Waals surface area contributed by atoms with Crippen LogP contribution in [-0.4, -0.2) is 70.3 Å². The van der Waals surface area contributed by atoms with Crippen molar-refractivity contribution in [2.45, 2.75) is 6.04 Å². The number of hydrogen-bond acceptors (Lipinski definition) is 10. The number of para-hydroxylation sites is 2. The smallest absolute Gasteiger partial charge is 0.325 e. The maximum absolute atomic E-state index is 13.2. The molecular formula is C31H30N2O8. The van der Waals surface area contributed by atoms with E-state index in [2.05, 4.69) is 5.32 Å². The maximum Gasteiger partial charge on any atom is 0.325 e. The van der Waals surface area contributed by atoms with Crippen LogP contribution in [0.25, 0.3) is 44.0 Å². The Morgan fingerprint density at radius 2 is 1.78 bits per heavy atom. The lowest BCUT2D eigenvalue weighted by atomic mass is 9.99. The fourth-order valence-electron chi connectivity index (χ4n) is 5.21. The minimum Gasteiger partial charge on any atom is -0.491 e. The number of carbonyl (C=O) groups excluding carboxylic acids is 1. The molecule has 0 spiro atoms. The molecule has 1 atom stereocenters. The van der Waals surface area contributed by atoms with E-state index in [0.29, 0.717) is 66.6 Å². The second-order valence-electron chi connectivity index (χ2n) is 9.71. The molecule has 1 unspecified atom stereocenters. The number of hydrogen-bond donors (Lipinski definition) is 2. The van der Waals surface area contributed by atoms with E-state index < -0.39 is 12.0 Å². The summed E-state index contributed by atoms with van der Waals surface area (Å²) in [6.07, 6.45) is 0. The van der Waals surface area contributed by atoms with Crippen molar-refractivity contribution in [3.63, 3.8) is 0 Å². The van der Waals surface area contributed by atoms with Crippen molar-refractivity contribution in [2.24, 2.45) is 0 Å². The van der Waals surface area contributed by atoms with E-state index in [0.717, 1.165) is 21.9 Å². The molecule has 3 aromatic carbocycles. The summed E-state index contributed by atoms with van der Waals surface area (Å²) in [6, 6.07) is 17.7. The number of aliphatic hydroxyl groups excluding tert-OH is 1. The van der Waals surface area contributed by atoms with Gasteiger partial charge in [0.25, 0.3) is 0 Å². The number of nitrogens with one attached hydrogen (secondary N) is 1. The van der Waals surface area contributed by atoms with E-state index in [1.165, 1.54) is 7.11 Å². The van der Waals surface area contributed by atoms with Gasteiger partial charge in [-0.2, -0.15) is 0 Å². The van der Waals surface area contributed by atoms with E-state index in [1.54, 1.807) is 12.1 Å². The summed E-state index contributed by atoms with van der Waals surface area (Å²) >= 11 is 0. The summed E-state index contributed by atoms with van der Waals surface area (Å²) in [5.41, 5.74) is 3.16. The van der Waals surface area contributed by atoms with Gasteiger partial charge in [0.05, 0.1) is 37.7 Å². The van der Waals surface area contributed by atoms with Gasteiger partial charge in [-0.1, -0.05) is 30.3 Å². The highest BCUT2D eigenvalue weighted by atomic mass is 16.5. The lowest BCUT2D eigenvalue weighted by molar-refractivity contribution is -0.144. The SMILES string of the molecule is COC(=O)C(CO)NCCOc1ccc(-c2cccc3c(=O)cc(N4CCOCC4)oc23)c2oc3ccccc3c12. The number of esters is 1. The number of carbonyl (C=O) groups is 1. The van der Waals surface area contributed by atoms with Crippen LogP contribution in [0.4, 0.5) is 5.88 Å². The first-order valence-electron chi connectivity index (χ1n) is 13.5. The van der Waals surface area contributed by atoms with Gasteiger partial charge in [0.15, 0.2) is 11.3 Å². The van der Waals surface area contributed by atoms with Gasteiger partial charge in [-0.15, -0.1) is 0 Å². The Balaban J connectivity index is 1.41. The Bertz CT molecular complexity index is 1770. The minimum atomic E-state index is -0.830. The van der Waals surface area contributed by atoms with Crippen LogP contribution >= 0.6 is 0 Å². The van der Waals surface area contributed by atoms with Gasteiger partial charge in [0.1, 0.15) is 35.1 Å². The Morgan fingerprint density at radius 3 is 2.59 bits per heavy atom. The molecule has 2 aromatic heterocycles. The molecule has 10 heteroatoms. The van der Waals surface area contributed by atoms with Crippen LogP contribution in [-0.2, 0) is 14.3 Å². The van der Waals surface area contributed by atoms with Gasteiger partial charge < -0.3 is 33.1 Å². The molecule has 1 saturated heterocycles. The van der Waals surface area contributed by atoms with E-state index in [1.807, 2.05) is 53.4 Å². The molecule has 0 amide bonds. The monoisotopic (exact) mass is 558 g/mol. The van der Waals surface area contributed by atoms with E-state index >= 15 is 0 Å². The lowest BCUT2D eigenvalue weighted by Crippen LogP contribution is -2.42. The molecule has 0 radical (unpaired) electrons. The highest BCUT2D eigenvalue weighted by Gasteiger charge is 2.22. The first-order valence-corrected chi connectivity index (χ1v) is 13.5. The zero-order valence-electron chi connectivity index (χ0n) is 22.6. The first kappa shape index (κ1) is 26.8. The molecule has 41 heavy (non-hydrogen) atoms. The number of morpholine rings is 1. The standard InChI is InChI=1S/C31H30N2O8/c1-37-31(36)23(18-34)32-11-14-39-26-10-9-20(30-28(26)22-5-2-3-8-25(22)40-30)19-6-4-7-21-24(35)17-27(41-29(19)21)33-12-15-38-16-13-33/h2-10,17,23,32,34H,11-16,18H2,1H3. The summed E-state index contributed by atoms with van der Waals surface area (Å²) in [5.74, 6) is 0.572. The zero-order chi connectivity index (χ0) is 28.3. The fraction of sp³-hybridized carbons (Fsp3) is 0.290.